The van der Waals surface area contributed by atoms with Crippen molar-refractivity contribution in [1.82, 2.24) is 10.2 Å². The number of urea groups is 1. The third-order valence-corrected chi connectivity index (χ3v) is 8.01. The lowest BCUT2D eigenvalue weighted by Gasteiger charge is -2.43. The van der Waals surface area contributed by atoms with Crippen LogP contribution in [0.1, 0.15) is 45.1 Å². The minimum absolute atomic E-state index is 0.167. The van der Waals surface area contributed by atoms with Crippen molar-refractivity contribution >= 4 is 51.6 Å². The van der Waals surface area contributed by atoms with Crippen molar-refractivity contribution in [3.63, 3.8) is 0 Å². The van der Waals surface area contributed by atoms with Gasteiger partial charge in [-0.1, -0.05) is 23.7 Å². The fourth-order valence-corrected chi connectivity index (χ4v) is 6.54. The van der Waals surface area contributed by atoms with Crippen LogP contribution in [0.3, 0.4) is 0 Å². The van der Waals surface area contributed by atoms with Gasteiger partial charge in [-0.3, -0.25) is 4.90 Å². The van der Waals surface area contributed by atoms with Crippen LogP contribution in [-0.2, 0) is 0 Å². The Bertz CT molecular complexity index is 995. The third kappa shape index (κ3) is 6.95. The van der Waals surface area contributed by atoms with E-state index in [2.05, 4.69) is 75.1 Å². The minimum Gasteiger partial charge on any atom is -0.489 e. The minimum atomic E-state index is -0.173. The second-order valence-corrected chi connectivity index (χ2v) is 11.4. The van der Waals surface area contributed by atoms with Crippen LogP contribution in [0.25, 0.3) is 0 Å². The van der Waals surface area contributed by atoms with Gasteiger partial charge in [0.1, 0.15) is 5.75 Å². The number of halogens is 2. The van der Waals surface area contributed by atoms with Crippen LogP contribution in [0.5, 0.6) is 5.75 Å². The Morgan fingerprint density at radius 1 is 1.09 bits per heavy atom. The Kier molecular flexibility index (Phi) is 9.05. The molecular formula is C27H36ClIN4O2. The van der Waals surface area contributed by atoms with Gasteiger partial charge in [-0.05, 0) is 98.9 Å². The summed E-state index contributed by atoms with van der Waals surface area (Å²) in [6.07, 6.45) is 4.40. The van der Waals surface area contributed by atoms with Crippen LogP contribution >= 0.6 is 34.2 Å². The molecule has 0 bridgehead atoms. The number of benzene rings is 2. The normalized spacial score (nSPS) is 21.1. The fourth-order valence-electron chi connectivity index (χ4n) is 5.14. The summed E-state index contributed by atoms with van der Waals surface area (Å²) in [5, 5.41) is 6.68. The topological polar surface area (TPSA) is 56.8 Å². The van der Waals surface area contributed by atoms with Gasteiger partial charge in [0.05, 0.1) is 22.5 Å². The lowest BCUT2D eigenvalue weighted by Crippen LogP contribution is -2.52. The lowest BCUT2D eigenvalue weighted by atomic mass is 9.90. The molecule has 1 saturated carbocycles. The monoisotopic (exact) mass is 610 g/mol. The molecule has 2 aromatic rings. The molecule has 35 heavy (non-hydrogen) atoms. The van der Waals surface area contributed by atoms with Crippen molar-refractivity contribution in [2.45, 2.75) is 64.6 Å². The summed E-state index contributed by atoms with van der Waals surface area (Å²) in [6.45, 7) is 10.3. The summed E-state index contributed by atoms with van der Waals surface area (Å²) in [7, 11) is 0. The van der Waals surface area contributed by atoms with Gasteiger partial charge in [-0.25, -0.2) is 4.79 Å². The van der Waals surface area contributed by atoms with Gasteiger partial charge < -0.3 is 20.3 Å². The number of carbonyl (C=O) groups is 1. The van der Waals surface area contributed by atoms with Crippen molar-refractivity contribution in [2.75, 3.05) is 36.4 Å². The van der Waals surface area contributed by atoms with E-state index in [0.717, 1.165) is 66.7 Å². The molecule has 1 aliphatic heterocycles. The van der Waals surface area contributed by atoms with Gasteiger partial charge in [-0.2, -0.15) is 0 Å². The number of piperazine rings is 1. The molecule has 0 aromatic heterocycles. The van der Waals surface area contributed by atoms with E-state index in [4.69, 9.17) is 16.3 Å². The number of amides is 2. The maximum absolute atomic E-state index is 12.6. The number of rotatable bonds is 6. The number of nitrogens with one attached hydrogen (secondary N) is 2. The highest BCUT2D eigenvalue weighted by Crippen LogP contribution is 2.32. The number of ether oxygens (including phenoxy) is 1. The Morgan fingerprint density at radius 2 is 1.77 bits per heavy atom. The number of nitrogens with zero attached hydrogens (tertiary/aromatic N) is 2. The van der Waals surface area contributed by atoms with E-state index in [1.165, 1.54) is 5.69 Å². The zero-order valence-corrected chi connectivity index (χ0v) is 23.7. The Balaban J connectivity index is 1.23. The van der Waals surface area contributed by atoms with Crippen LogP contribution in [0, 0.1) is 10.5 Å². The average molecular weight is 611 g/mol. The van der Waals surface area contributed by atoms with Crippen LogP contribution in [0.15, 0.2) is 36.4 Å². The quantitative estimate of drug-likeness (QED) is 0.377. The lowest BCUT2D eigenvalue weighted by molar-refractivity contribution is 0.137. The van der Waals surface area contributed by atoms with Crippen LogP contribution in [-0.4, -0.2) is 55.3 Å². The van der Waals surface area contributed by atoms with Crippen LogP contribution in [0.2, 0.25) is 5.02 Å². The molecule has 4 rings (SSSR count). The Labute approximate surface area is 227 Å². The van der Waals surface area contributed by atoms with Gasteiger partial charge in [0.15, 0.2) is 0 Å². The smallest absolute Gasteiger partial charge is 0.319 e. The van der Waals surface area contributed by atoms with Crippen molar-refractivity contribution in [1.29, 1.82) is 0 Å². The van der Waals surface area contributed by atoms with Gasteiger partial charge in [0.25, 0.3) is 0 Å². The van der Waals surface area contributed by atoms with E-state index in [9.17, 15) is 4.79 Å². The van der Waals surface area contributed by atoms with E-state index in [1.807, 2.05) is 25.1 Å². The molecule has 0 radical (unpaired) electrons. The van der Waals surface area contributed by atoms with Gasteiger partial charge in [0.2, 0.25) is 0 Å². The molecule has 190 valence electrons. The van der Waals surface area contributed by atoms with E-state index in [1.54, 1.807) is 0 Å². The Hall–Kier alpha value is -1.71. The van der Waals surface area contributed by atoms with Crippen LogP contribution < -0.4 is 20.3 Å². The first-order valence-electron chi connectivity index (χ1n) is 12.6. The first kappa shape index (κ1) is 26.4. The second-order valence-electron chi connectivity index (χ2n) is 9.86. The highest BCUT2D eigenvalue weighted by atomic mass is 127. The summed E-state index contributed by atoms with van der Waals surface area (Å²) < 4.78 is 6.99. The predicted molar refractivity (Wildman–Crippen MR) is 153 cm³/mol. The zero-order chi connectivity index (χ0) is 24.9. The summed E-state index contributed by atoms with van der Waals surface area (Å²) >= 11 is 8.56. The number of aryl methyl sites for hydroxylation is 1. The average Bonchev–Trinajstić information content (AvgIpc) is 2.82. The zero-order valence-electron chi connectivity index (χ0n) is 20.8. The maximum Gasteiger partial charge on any atom is 0.319 e. The molecule has 0 spiro atoms. The molecule has 2 aliphatic rings. The highest BCUT2D eigenvalue weighted by Gasteiger charge is 2.29. The molecule has 2 aromatic carbocycles. The number of hydrogen-bond donors (Lipinski definition) is 2. The molecule has 0 unspecified atom stereocenters. The Morgan fingerprint density at radius 3 is 2.43 bits per heavy atom. The number of carbonyl (C=O) groups excluding carboxylic acids is 1. The van der Waals surface area contributed by atoms with E-state index >= 15 is 0 Å². The number of hydrogen-bond acceptors (Lipinski definition) is 4. The molecule has 8 heteroatoms. The molecule has 6 nitrogen and oxygen atoms in total. The highest BCUT2D eigenvalue weighted by molar-refractivity contribution is 14.1. The standard InChI is InChI=1S/C27H36ClIN4O2/c1-18(2)35-25-7-5-4-6-24(25)33-14-12-32(13-15-33)21-10-8-20(9-11-21)30-27(34)31-26-22(28)16-19(3)17-23(26)29/h4-7,16-18,20-21H,8-15H2,1-3H3,(H2,30,31,34)/t20-,21-. The molecule has 0 atom stereocenters. The van der Waals surface area contributed by atoms with Crippen LogP contribution in [0.4, 0.5) is 16.2 Å². The van der Waals surface area contributed by atoms with Crippen molar-refractivity contribution in [2.24, 2.45) is 0 Å². The van der Waals surface area contributed by atoms with Crippen molar-refractivity contribution in [3.05, 3.63) is 50.6 Å². The molecule has 2 N–H and O–H groups in total. The van der Waals surface area contributed by atoms with E-state index < -0.39 is 0 Å². The van der Waals surface area contributed by atoms with Crippen molar-refractivity contribution < 1.29 is 9.53 Å². The predicted octanol–water partition coefficient (Wildman–Crippen LogP) is 6.30. The third-order valence-electron chi connectivity index (χ3n) is 6.86. The molecule has 2 fully saturated rings. The SMILES string of the molecule is Cc1cc(Cl)c(NC(=O)N[C@H]2CC[C@H](N3CCN(c4ccccc4OC(C)C)CC3)CC2)c(I)c1. The van der Waals surface area contributed by atoms with Gasteiger partial charge in [0, 0.05) is 41.8 Å². The van der Waals surface area contributed by atoms with E-state index in [-0.39, 0.29) is 18.2 Å². The number of anilines is 2. The molecular weight excluding hydrogens is 575 g/mol. The number of para-hydroxylation sites is 2. The first-order chi connectivity index (χ1) is 16.8. The molecule has 1 heterocycles. The first-order valence-corrected chi connectivity index (χ1v) is 14.0. The van der Waals surface area contributed by atoms with Crippen molar-refractivity contribution in [3.8, 4) is 5.75 Å². The van der Waals surface area contributed by atoms with E-state index in [0.29, 0.717) is 16.8 Å². The van der Waals surface area contributed by atoms with Gasteiger partial charge >= 0.3 is 6.03 Å². The summed E-state index contributed by atoms with van der Waals surface area (Å²) in [5.41, 5.74) is 2.96. The molecule has 1 saturated heterocycles. The largest absolute Gasteiger partial charge is 0.489 e. The second kappa shape index (κ2) is 12.0. The fraction of sp³-hybridized carbons (Fsp3) is 0.519. The summed E-state index contributed by atoms with van der Waals surface area (Å²) in [4.78, 5) is 17.7. The maximum atomic E-state index is 12.6. The summed E-state index contributed by atoms with van der Waals surface area (Å²) in [5.74, 6) is 0.974. The molecule has 1 aliphatic carbocycles. The summed E-state index contributed by atoms with van der Waals surface area (Å²) in [6, 6.07) is 12.9. The van der Waals surface area contributed by atoms with Gasteiger partial charge in [-0.15, -0.1) is 0 Å². The molecule has 2 amide bonds.